The third-order valence-corrected chi connectivity index (χ3v) is 5.36. The van der Waals surface area contributed by atoms with Gasteiger partial charge in [-0.1, -0.05) is 6.07 Å². The fourth-order valence-corrected chi connectivity index (χ4v) is 3.81. The first-order valence-corrected chi connectivity index (χ1v) is 9.70. The SMILES string of the molecule is COc1ccc(C(=O)Nc2ccc3c(c2)N(C(=O)C2CCCO2)CC3)cc1OC. The van der Waals surface area contributed by atoms with E-state index in [1.54, 1.807) is 30.2 Å². The molecule has 1 atom stereocenters. The second-order valence-corrected chi connectivity index (χ2v) is 7.11. The van der Waals surface area contributed by atoms with Crippen LogP contribution in [-0.4, -0.2) is 45.3 Å². The molecular formula is C22H24N2O5. The van der Waals surface area contributed by atoms with Gasteiger partial charge in [0.2, 0.25) is 0 Å². The van der Waals surface area contributed by atoms with E-state index >= 15 is 0 Å². The minimum absolute atomic E-state index is 0.00428. The lowest BCUT2D eigenvalue weighted by molar-refractivity contribution is -0.127. The molecular weight excluding hydrogens is 372 g/mol. The zero-order valence-corrected chi connectivity index (χ0v) is 16.6. The number of benzene rings is 2. The summed E-state index contributed by atoms with van der Waals surface area (Å²) in [6.07, 6.45) is 2.13. The van der Waals surface area contributed by atoms with Gasteiger partial charge in [-0.3, -0.25) is 9.59 Å². The molecule has 1 N–H and O–H groups in total. The van der Waals surface area contributed by atoms with Crippen LogP contribution in [0.3, 0.4) is 0 Å². The molecule has 2 aliphatic rings. The van der Waals surface area contributed by atoms with Crippen molar-refractivity contribution in [3.8, 4) is 11.5 Å². The van der Waals surface area contributed by atoms with Crippen LogP contribution in [0.1, 0.15) is 28.8 Å². The van der Waals surface area contributed by atoms with E-state index < -0.39 is 0 Å². The van der Waals surface area contributed by atoms with E-state index in [1.807, 2.05) is 18.2 Å². The normalized spacial score (nSPS) is 17.7. The van der Waals surface area contributed by atoms with E-state index in [9.17, 15) is 9.59 Å². The number of fused-ring (bicyclic) bond motifs is 1. The van der Waals surface area contributed by atoms with Crippen molar-refractivity contribution in [2.24, 2.45) is 0 Å². The second kappa shape index (κ2) is 8.13. The Morgan fingerprint density at radius 1 is 1.10 bits per heavy atom. The van der Waals surface area contributed by atoms with E-state index in [0.717, 1.165) is 30.5 Å². The highest BCUT2D eigenvalue weighted by atomic mass is 16.5. The van der Waals surface area contributed by atoms with Gasteiger partial charge in [0.05, 0.1) is 14.2 Å². The smallest absolute Gasteiger partial charge is 0.256 e. The van der Waals surface area contributed by atoms with Crippen LogP contribution in [0.2, 0.25) is 0 Å². The third kappa shape index (κ3) is 3.78. The number of carbonyl (C=O) groups is 2. The van der Waals surface area contributed by atoms with E-state index in [4.69, 9.17) is 14.2 Å². The number of anilines is 2. The molecule has 0 radical (unpaired) electrons. The molecule has 7 heteroatoms. The Balaban J connectivity index is 1.52. The number of hydrogen-bond acceptors (Lipinski definition) is 5. The number of methoxy groups -OCH3 is 2. The van der Waals surface area contributed by atoms with Gasteiger partial charge in [0.15, 0.2) is 11.5 Å². The monoisotopic (exact) mass is 396 g/mol. The van der Waals surface area contributed by atoms with Crippen molar-refractivity contribution in [2.75, 3.05) is 37.6 Å². The molecule has 1 fully saturated rings. The second-order valence-electron chi connectivity index (χ2n) is 7.11. The van der Waals surface area contributed by atoms with Crippen molar-refractivity contribution >= 4 is 23.2 Å². The van der Waals surface area contributed by atoms with Crippen LogP contribution in [0.5, 0.6) is 11.5 Å². The number of hydrogen-bond donors (Lipinski definition) is 1. The predicted molar refractivity (Wildman–Crippen MR) is 109 cm³/mol. The molecule has 7 nitrogen and oxygen atoms in total. The van der Waals surface area contributed by atoms with Crippen molar-refractivity contribution in [3.05, 3.63) is 47.5 Å². The van der Waals surface area contributed by atoms with Gasteiger partial charge in [-0.15, -0.1) is 0 Å². The first-order valence-electron chi connectivity index (χ1n) is 9.70. The van der Waals surface area contributed by atoms with E-state index in [2.05, 4.69) is 5.32 Å². The maximum absolute atomic E-state index is 12.8. The summed E-state index contributed by atoms with van der Waals surface area (Å²) in [7, 11) is 3.07. The van der Waals surface area contributed by atoms with Gasteiger partial charge in [-0.25, -0.2) is 0 Å². The Kier molecular flexibility index (Phi) is 5.40. The summed E-state index contributed by atoms with van der Waals surface area (Å²) in [5.41, 5.74) is 3.03. The number of carbonyl (C=O) groups excluding carboxylic acids is 2. The highest BCUT2D eigenvalue weighted by Gasteiger charge is 2.32. The summed E-state index contributed by atoms with van der Waals surface area (Å²) in [5, 5.41) is 2.90. The van der Waals surface area contributed by atoms with Crippen molar-refractivity contribution in [1.82, 2.24) is 0 Å². The Bertz CT molecular complexity index is 937. The highest BCUT2D eigenvalue weighted by Crippen LogP contribution is 2.33. The van der Waals surface area contributed by atoms with Gasteiger partial charge in [0.25, 0.3) is 11.8 Å². The number of nitrogens with zero attached hydrogens (tertiary/aromatic N) is 1. The summed E-state index contributed by atoms with van der Waals surface area (Å²) in [5.74, 6) is 0.790. The van der Waals surface area contributed by atoms with Crippen molar-refractivity contribution < 1.29 is 23.8 Å². The summed E-state index contributed by atoms with van der Waals surface area (Å²) >= 11 is 0. The Morgan fingerprint density at radius 2 is 1.93 bits per heavy atom. The number of nitrogens with one attached hydrogen (secondary N) is 1. The molecule has 2 amide bonds. The highest BCUT2D eigenvalue weighted by molar-refractivity contribution is 6.05. The largest absolute Gasteiger partial charge is 0.493 e. The summed E-state index contributed by atoms with van der Waals surface area (Å²) in [6.45, 7) is 1.28. The van der Waals surface area contributed by atoms with Gasteiger partial charge in [-0.05, 0) is 55.2 Å². The number of ether oxygens (including phenoxy) is 3. The molecule has 0 saturated carbocycles. The van der Waals surface area contributed by atoms with Gasteiger partial charge in [0, 0.05) is 30.1 Å². The van der Waals surface area contributed by atoms with Gasteiger partial charge >= 0.3 is 0 Å². The van der Waals surface area contributed by atoms with Gasteiger partial charge in [-0.2, -0.15) is 0 Å². The standard InChI is InChI=1S/C22H24N2O5/c1-27-18-8-6-15(12-20(18)28-2)21(25)23-16-7-5-14-9-10-24(17(14)13-16)22(26)19-4-3-11-29-19/h5-8,12-13,19H,3-4,9-11H2,1-2H3,(H,23,25). The fourth-order valence-electron chi connectivity index (χ4n) is 3.81. The van der Waals surface area contributed by atoms with E-state index in [1.165, 1.54) is 7.11 Å². The lowest BCUT2D eigenvalue weighted by Gasteiger charge is -2.21. The molecule has 29 heavy (non-hydrogen) atoms. The van der Waals surface area contributed by atoms with Crippen LogP contribution < -0.4 is 19.7 Å². The van der Waals surface area contributed by atoms with Crippen LogP contribution in [-0.2, 0) is 16.0 Å². The quantitative estimate of drug-likeness (QED) is 0.841. The Labute approximate surface area is 169 Å². The number of amides is 2. The molecule has 2 aliphatic heterocycles. The molecule has 0 aliphatic carbocycles. The average Bonchev–Trinajstić information content (AvgIpc) is 3.42. The van der Waals surface area contributed by atoms with Crippen LogP contribution in [0, 0.1) is 0 Å². The molecule has 2 aromatic rings. The Morgan fingerprint density at radius 3 is 2.66 bits per heavy atom. The van der Waals surface area contributed by atoms with E-state index in [0.29, 0.717) is 35.9 Å². The van der Waals surface area contributed by atoms with Gasteiger partial charge in [0.1, 0.15) is 6.10 Å². The zero-order chi connectivity index (χ0) is 20.4. The van der Waals surface area contributed by atoms with Crippen molar-refractivity contribution in [3.63, 3.8) is 0 Å². The predicted octanol–water partition coefficient (Wildman–Crippen LogP) is 3.02. The minimum Gasteiger partial charge on any atom is -0.493 e. The average molecular weight is 396 g/mol. The minimum atomic E-state index is -0.356. The first-order chi connectivity index (χ1) is 14.1. The molecule has 0 spiro atoms. The molecule has 4 rings (SSSR count). The molecule has 1 unspecified atom stereocenters. The van der Waals surface area contributed by atoms with E-state index in [-0.39, 0.29) is 17.9 Å². The van der Waals surface area contributed by atoms with Crippen LogP contribution >= 0.6 is 0 Å². The first kappa shape index (κ1) is 19.3. The lowest BCUT2D eigenvalue weighted by Crippen LogP contribution is -2.37. The molecule has 2 aromatic carbocycles. The number of rotatable bonds is 5. The van der Waals surface area contributed by atoms with Crippen LogP contribution in [0.15, 0.2) is 36.4 Å². The van der Waals surface area contributed by atoms with Crippen molar-refractivity contribution in [2.45, 2.75) is 25.4 Å². The molecule has 0 aromatic heterocycles. The van der Waals surface area contributed by atoms with Crippen molar-refractivity contribution in [1.29, 1.82) is 0 Å². The zero-order valence-electron chi connectivity index (χ0n) is 16.6. The fraction of sp³-hybridized carbons (Fsp3) is 0.364. The molecule has 0 bridgehead atoms. The van der Waals surface area contributed by atoms with Crippen LogP contribution in [0.25, 0.3) is 0 Å². The maximum atomic E-state index is 12.8. The third-order valence-electron chi connectivity index (χ3n) is 5.36. The summed E-state index contributed by atoms with van der Waals surface area (Å²) in [4.78, 5) is 27.3. The topological polar surface area (TPSA) is 77.1 Å². The molecule has 2 heterocycles. The summed E-state index contributed by atoms with van der Waals surface area (Å²) in [6, 6.07) is 10.7. The molecule has 1 saturated heterocycles. The van der Waals surface area contributed by atoms with Gasteiger partial charge < -0.3 is 24.4 Å². The maximum Gasteiger partial charge on any atom is 0.256 e. The molecule has 152 valence electrons. The summed E-state index contributed by atoms with van der Waals surface area (Å²) < 4.78 is 16.0. The lowest BCUT2D eigenvalue weighted by atomic mass is 10.1. The van der Waals surface area contributed by atoms with Crippen LogP contribution in [0.4, 0.5) is 11.4 Å². The Hall–Kier alpha value is -3.06.